The molecule has 0 saturated carbocycles. The van der Waals surface area contributed by atoms with Gasteiger partial charge < -0.3 is 14.8 Å². The van der Waals surface area contributed by atoms with Crippen LogP contribution in [0.25, 0.3) is 0 Å². The van der Waals surface area contributed by atoms with Gasteiger partial charge in [-0.2, -0.15) is 0 Å². The van der Waals surface area contributed by atoms with Crippen LogP contribution in [0.15, 0.2) is 18.2 Å². The third-order valence-corrected chi connectivity index (χ3v) is 4.87. The number of aromatic nitrogens is 1. The Morgan fingerprint density at radius 2 is 1.92 bits per heavy atom. The van der Waals surface area contributed by atoms with Crippen LogP contribution >= 0.6 is 11.3 Å². The molecule has 0 aliphatic carbocycles. The number of amides is 2. The number of hydrogen-bond acceptors (Lipinski definition) is 6. The first-order valence-corrected chi connectivity index (χ1v) is 8.90. The molecule has 2 aromatic rings. The molecule has 7 nitrogen and oxygen atoms in total. The zero-order valence-corrected chi connectivity index (χ0v) is 16.6. The summed E-state index contributed by atoms with van der Waals surface area (Å²) in [6.07, 6.45) is 0. The lowest BCUT2D eigenvalue weighted by Crippen LogP contribution is -2.34. The highest BCUT2D eigenvalue weighted by molar-refractivity contribution is 7.18. The number of benzene rings is 1. The molecule has 0 spiro atoms. The van der Waals surface area contributed by atoms with E-state index in [9.17, 15) is 9.59 Å². The Balaban J connectivity index is 2.30. The molecule has 2 rings (SSSR count). The summed E-state index contributed by atoms with van der Waals surface area (Å²) in [7, 11) is 3.08. The Bertz CT molecular complexity index is 817. The van der Waals surface area contributed by atoms with Gasteiger partial charge in [0.15, 0.2) is 5.13 Å². The fourth-order valence-electron chi connectivity index (χ4n) is 2.50. The third kappa shape index (κ3) is 4.13. The molecule has 140 valence electrons. The maximum Gasteiger partial charge on any atom is 0.267 e. The standard InChI is InChI=1S/C18H23N3O4S/c1-10(2)21(12(4)22)18-19-11(3)16(26-18)17(23)20-14-8-7-13(24-5)9-15(14)25-6/h7-10H,1-6H3,(H,20,23). The highest BCUT2D eigenvalue weighted by Gasteiger charge is 2.23. The van der Waals surface area contributed by atoms with Crippen molar-refractivity contribution in [3.8, 4) is 11.5 Å². The number of hydrogen-bond donors (Lipinski definition) is 1. The number of methoxy groups -OCH3 is 2. The molecule has 0 unspecified atom stereocenters. The predicted octanol–water partition coefficient (Wildman–Crippen LogP) is 3.48. The van der Waals surface area contributed by atoms with Crippen molar-refractivity contribution in [2.45, 2.75) is 33.7 Å². The summed E-state index contributed by atoms with van der Waals surface area (Å²) in [5, 5.41) is 3.34. The van der Waals surface area contributed by atoms with E-state index in [0.717, 1.165) is 0 Å². The van der Waals surface area contributed by atoms with Crippen LogP contribution in [-0.2, 0) is 4.79 Å². The Hall–Kier alpha value is -2.61. The number of nitrogens with one attached hydrogen (secondary N) is 1. The van der Waals surface area contributed by atoms with Crippen LogP contribution < -0.4 is 19.7 Å². The second-order valence-electron chi connectivity index (χ2n) is 5.91. The zero-order chi connectivity index (χ0) is 19.4. The summed E-state index contributed by atoms with van der Waals surface area (Å²) in [5.74, 6) is 0.706. The van der Waals surface area contributed by atoms with Gasteiger partial charge in [0, 0.05) is 19.0 Å². The van der Waals surface area contributed by atoms with Gasteiger partial charge >= 0.3 is 0 Å². The number of ether oxygens (including phenoxy) is 2. The molecule has 1 heterocycles. The lowest BCUT2D eigenvalue weighted by molar-refractivity contribution is -0.116. The van der Waals surface area contributed by atoms with Gasteiger partial charge in [0.25, 0.3) is 5.91 Å². The van der Waals surface area contributed by atoms with Gasteiger partial charge in [0.1, 0.15) is 16.4 Å². The number of aryl methyl sites for hydroxylation is 1. The third-order valence-electron chi connectivity index (χ3n) is 3.71. The second kappa shape index (κ2) is 8.18. The number of thiazole rings is 1. The fourth-order valence-corrected chi connectivity index (χ4v) is 3.64. The van der Waals surface area contributed by atoms with Gasteiger partial charge in [-0.1, -0.05) is 11.3 Å². The van der Waals surface area contributed by atoms with E-state index in [2.05, 4.69) is 10.3 Å². The Morgan fingerprint density at radius 1 is 1.23 bits per heavy atom. The highest BCUT2D eigenvalue weighted by atomic mass is 32.1. The molecular formula is C18H23N3O4S. The monoisotopic (exact) mass is 377 g/mol. The average molecular weight is 377 g/mol. The van der Waals surface area contributed by atoms with Gasteiger partial charge in [0.2, 0.25) is 5.91 Å². The number of carbonyl (C=O) groups excluding carboxylic acids is 2. The first-order valence-electron chi connectivity index (χ1n) is 8.09. The first kappa shape index (κ1) is 19.7. The smallest absolute Gasteiger partial charge is 0.267 e. The quantitative estimate of drug-likeness (QED) is 0.833. The number of carbonyl (C=O) groups is 2. The summed E-state index contributed by atoms with van der Waals surface area (Å²) in [5.41, 5.74) is 1.10. The summed E-state index contributed by atoms with van der Waals surface area (Å²) in [4.78, 5) is 31.0. The van der Waals surface area contributed by atoms with Crippen molar-refractivity contribution in [1.29, 1.82) is 0 Å². The summed E-state index contributed by atoms with van der Waals surface area (Å²) in [6, 6.07) is 5.09. The van der Waals surface area contributed by atoms with Gasteiger partial charge in [-0.3, -0.25) is 14.5 Å². The first-order chi connectivity index (χ1) is 12.3. The van der Waals surface area contributed by atoms with Crippen molar-refractivity contribution in [3.05, 3.63) is 28.8 Å². The predicted molar refractivity (Wildman–Crippen MR) is 103 cm³/mol. The Labute approximate surface area is 156 Å². The molecule has 0 bridgehead atoms. The van der Waals surface area contributed by atoms with Crippen LogP contribution in [0.5, 0.6) is 11.5 Å². The zero-order valence-electron chi connectivity index (χ0n) is 15.7. The van der Waals surface area contributed by atoms with E-state index in [-0.39, 0.29) is 17.9 Å². The van der Waals surface area contributed by atoms with Crippen LogP contribution in [0.3, 0.4) is 0 Å². The van der Waals surface area contributed by atoms with Gasteiger partial charge in [-0.15, -0.1) is 0 Å². The SMILES string of the molecule is COc1ccc(NC(=O)c2sc(N(C(C)=O)C(C)C)nc2C)c(OC)c1. The lowest BCUT2D eigenvalue weighted by Gasteiger charge is -2.21. The van der Waals surface area contributed by atoms with E-state index in [1.54, 1.807) is 37.1 Å². The number of anilines is 2. The van der Waals surface area contributed by atoms with Crippen LogP contribution in [0.4, 0.5) is 10.8 Å². The number of rotatable bonds is 6. The van der Waals surface area contributed by atoms with Gasteiger partial charge in [-0.25, -0.2) is 4.98 Å². The topological polar surface area (TPSA) is 80.8 Å². The van der Waals surface area contributed by atoms with E-state index in [1.807, 2.05) is 13.8 Å². The van der Waals surface area contributed by atoms with E-state index in [4.69, 9.17) is 9.47 Å². The summed E-state index contributed by atoms with van der Waals surface area (Å²) >= 11 is 1.19. The summed E-state index contributed by atoms with van der Waals surface area (Å²) in [6.45, 7) is 7.04. The molecule has 0 aliphatic rings. The fraction of sp³-hybridized carbons (Fsp3) is 0.389. The lowest BCUT2D eigenvalue weighted by atomic mass is 10.2. The van der Waals surface area contributed by atoms with Crippen molar-refractivity contribution in [2.75, 3.05) is 24.4 Å². The van der Waals surface area contributed by atoms with Crippen LogP contribution in [0.2, 0.25) is 0 Å². The molecule has 2 amide bonds. The molecule has 8 heteroatoms. The molecule has 0 saturated heterocycles. The van der Waals surface area contributed by atoms with Crippen molar-refractivity contribution < 1.29 is 19.1 Å². The number of nitrogens with zero attached hydrogens (tertiary/aromatic N) is 2. The largest absolute Gasteiger partial charge is 0.497 e. The second-order valence-corrected chi connectivity index (χ2v) is 6.89. The Morgan fingerprint density at radius 3 is 2.46 bits per heavy atom. The maximum atomic E-state index is 12.7. The molecule has 0 radical (unpaired) electrons. The van der Waals surface area contributed by atoms with Gasteiger partial charge in [-0.05, 0) is 32.9 Å². The molecule has 0 atom stereocenters. The Kier molecular flexibility index (Phi) is 6.20. The van der Waals surface area contributed by atoms with Crippen LogP contribution in [-0.4, -0.2) is 37.1 Å². The molecule has 0 aliphatic heterocycles. The van der Waals surface area contributed by atoms with E-state index >= 15 is 0 Å². The van der Waals surface area contributed by atoms with Crippen molar-refractivity contribution >= 4 is 34.0 Å². The highest BCUT2D eigenvalue weighted by Crippen LogP contribution is 2.32. The minimum atomic E-state index is -0.304. The van der Waals surface area contributed by atoms with Gasteiger partial charge in [0.05, 0.1) is 25.6 Å². The molecule has 0 fully saturated rings. The molecule has 1 aromatic carbocycles. The van der Waals surface area contributed by atoms with Crippen LogP contribution in [0.1, 0.15) is 36.1 Å². The molecule has 26 heavy (non-hydrogen) atoms. The van der Waals surface area contributed by atoms with Crippen molar-refractivity contribution in [2.24, 2.45) is 0 Å². The minimum absolute atomic E-state index is 0.0457. The normalized spacial score (nSPS) is 10.6. The average Bonchev–Trinajstić information content (AvgIpc) is 2.95. The van der Waals surface area contributed by atoms with E-state index in [0.29, 0.717) is 32.9 Å². The molecule has 1 N–H and O–H groups in total. The van der Waals surface area contributed by atoms with E-state index in [1.165, 1.54) is 25.4 Å². The summed E-state index contributed by atoms with van der Waals surface area (Å²) < 4.78 is 10.5. The van der Waals surface area contributed by atoms with Crippen molar-refractivity contribution in [3.63, 3.8) is 0 Å². The molecule has 1 aromatic heterocycles. The van der Waals surface area contributed by atoms with Crippen molar-refractivity contribution in [1.82, 2.24) is 4.98 Å². The maximum absolute atomic E-state index is 12.7. The van der Waals surface area contributed by atoms with Crippen LogP contribution in [0, 0.1) is 6.92 Å². The minimum Gasteiger partial charge on any atom is -0.497 e. The molecular weight excluding hydrogens is 354 g/mol. The van der Waals surface area contributed by atoms with E-state index < -0.39 is 0 Å².